The number of hydrogen-bond donors (Lipinski definition) is 1. The van der Waals surface area contributed by atoms with Crippen LogP contribution in [0.2, 0.25) is 0 Å². The van der Waals surface area contributed by atoms with E-state index in [0.29, 0.717) is 16.3 Å². The highest BCUT2D eigenvalue weighted by atomic mass is 32.2. The molecule has 2 fully saturated rings. The quantitative estimate of drug-likeness (QED) is 0.836. The fourth-order valence-electron chi connectivity index (χ4n) is 3.25. The minimum absolute atomic E-state index is 0.380. The van der Waals surface area contributed by atoms with Crippen LogP contribution in [-0.4, -0.2) is 47.1 Å². The van der Waals surface area contributed by atoms with Crippen LogP contribution in [0, 0.1) is 0 Å². The lowest BCUT2D eigenvalue weighted by Crippen LogP contribution is -2.63. The topological polar surface area (TPSA) is 15.3 Å². The van der Waals surface area contributed by atoms with E-state index in [9.17, 15) is 0 Å². The van der Waals surface area contributed by atoms with Gasteiger partial charge in [-0.3, -0.25) is 4.90 Å². The Labute approximate surface area is 111 Å². The molecule has 0 aromatic heterocycles. The molecule has 0 aromatic rings. The Morgan fingerprint density at radius 1 is 1.35 bits per heavy atom. The average Bonchev–Trinajstić information content (AvgIpc) is 2.72. The zero-order valence-corrected chi connectivity index (χ0v) is 12.7. The molecule has 3 heteroatoms. The van der Waals surface area contributed by atoms with E-state index in [1.165, 1.54) is 45.3 Å². The molecule has 2 nitrogen and oxygen atoms in total. The molecule has 1 aliphatic heterocycles. The molecule has 1 unspecified atom stereocenters. The average molecular weight is 256 g/mol. The Morgan fingerprint density at radius 3 is 2.59 bits per heavy atom. The first-order chi connectivity index (χ1) is 7.96. The van der Waals surface area contributed by atoms with Gasteiger partial charge >= 0.3 is 0 Å². The smallest absolute Gasteiger partial charge is 0.0309 e. The minimum atomic E-state index is 0.380. The van der Waals surface area contributed by atoms with Crippen LogP contribution < -0.4 is 5.32 Å². The molecule has 0 aromatic carbocycles. The molecule has 2 rings (SSSR count). The first-order valence-corrected chi connectivity index (χ1v) is 8.23. The lowest BCUT2D eigenvalue weighted by atomic mass is 9.92. The largest absolute Gasteiger partial charge is 0.308 e. The van der Waals surface area contributed by atoms with Crippen LogP contribution in [0.4, 0.5) is 0 Å². The molecule has 0 radical (unpaired) electrons. The predicted molar refractivity (Wildman–Crippen MR) is 77.8 cm³/mol. The van der Waals surface area contributed by atoms with Crippen LogP contribution in [0.5, 0.6) is 0 Å². The van der Waals surface area contributed by atoms with Crippen LogP contribution in [0.25, 0.3) is 0 Å². The third-order valence-electron chi connectivity index (χ3n) is 4.60. The molecular formula is C14H28N2S. The first kappa shape index (κ1) is 13.7. The van der Waals surface area contributed by atoms with Crippen molar-refractivity contribution in [3.8, 4) is 0 Å². The summed E-state index contributed by atoms with van der Waals surface area (Å²) in [6, 6.07) is 0.688. The van der Waals surface area contributed by atoms with Gasteiger partial charge in [-0.2, -0.15) is 11.8 Å². The van der Waals surface area contributed by atoms with Crippen LogP contribution in [-0.2, 0) is 0 Å². The second-order valence-corrected chi connectivity index (χ2v) is 8.10. The molecule has 1 saturated heterocycles. The van der Waals surface area contributed by atoms with Gasteiger partial charge in [0.1, 0.15) is 0 Å². The summed E-state index contributed by atoms with van der Waals surface area (Å²) < 4.78 is 0.380. The number of hydrogen-bond acceptors (Lipinski definition) is 3. The van der Waals surface area contributed by atoms with Crippen LogP contribution in [0.15, 0.2) is 0 Å². The number of nitrogens with one attached hydrogen (secondary N) is 1. The van der Waals surface area contributed by atoms with E-state index < -0.39 is 0 Å². The molecule has 1 spiro atoms. The molecule has 1 atom stereocenters. The van der Waals surface area contributed by atoms with E-state index in [-0.39, 0.29) is 0 Å². The number of piperazine rings is 1. The van der Waals surface area contributed by atoms with Crippen molar-refractivity contribution in [2.45, 2.75) is 62.8 Å². The Balaban J connectivity index is 2.00. The summed E-state index contributed by atoms with van der Waals surface area (Å²) >= 11 is 1.99. The van der Waals surface area contributed by atoms with E-state index in [1.807, 2.05) is 11.8 Å². The fraction of sp³-hybridized carbons (Fsp3) is 1.00. The molecule has 100 valence electrons. The van der Waals surface area contributed by atoms with Crippen molar-refractivity contribution in [3.63, 3.8) is 0 Å². The molecule has 0 bridgehead atoms. The molecule has 1 saturated carbocycles. The van der Waals surface area contributed by atoms with Gasteiger partial charge < -0.3 is 5.32 Å². The van der Waals surface area contributed by atoms with Gasteiger partial charge in [0.15, 0.2) is 0 Å². The molecule has 1 N–H and O–H groups in total. The number of thioether (sulfide) groups is 1. The van der Waals surface area contributed by atoms with Gasteiger partial charge in [0.05, 0.1) is 0 Å². The van der Waals surface area contributed by atoms with E-state index in [0.717, 1.165) is 0 Å². The Bertz CT molecular complexity index is 259. The number of rotatable bonds is 3. The molecule has 0 amide bonds. The lowest BCUT2D eigenvalue weighted by molar-refractivity contribution is 0.0831. The van der Waals surface area contributed by atoms with Crippen molar-refractivity contribution in [2.75, 3.05) is 25.9 Å². The van der Waals surface area contributed by atoms with Gasteiger partial charge in [-0.05, 0) is 39.9 Å². The van der Waals surface area contributed by atoms with Gasteiger partial charge in [0, 0.05) is 36.0 Å². The van der Waals surface area contributed by atoms with E-state index in [1.54, 1.807) is 0 Å². The monoisotopic (exact) mass is 256 g/mol. The van der Waals surface area contributed by atoms with Gasteiger partial charge in [-0.25, -0.2) is 0 Å². The maximum Gasteiger partial charge on any atom is 0.0309 e. The second kappa shape index (κ2) is 5.10. The van der Waals surface area contributed by atoms with E-state index in [4.69, 9.17) is 0 Å². The van der Waals surface area contributed by atoms with Crippen LogP contribution in [0.3, 0.4) is 0 Å². The highest BCUT2D eigenvalue weighted by Crippen LogP contribution is 2.34. The van der Waals surface area contributed by atoms with Crippen molar-refractivity contribution >= 4 is 11.8 Å². The Morgan fingerprint density at radius 2 is 2.00 bits per heavy atom. The summed E-state index contributed by atoms with van der Waals surface area (Å²) in [5.74, 6) is 0. The summed E-state index contributed by atoms with van der Waals surface area (Å²) in [5, 5.41) is 3.83. The zero-order chi connectivity index (χ0) is 12.5. The first-order valence-electron chi connectivity index (χ1n) is 7.01. The van der Waals surface area contributed by atoms with Crippen molar-refractivity contribution < 1.29 is 0 Å². The summed E-state index contributed by atoms with van der Waals surface area (Å²) in [5.41, 5.74) is 0.459. The SMILES string of the molecule is CSC(C)(C)CN1CC2(CCCC2)NCC1C. The standard InChI is InChI=1S/C14H28N2S/c1-12-9-15-14(7-5-6-8-14)11-16(12)10-13(2,3)17-4/h12,15H,5-11H2,1-4H3. The van der Waals surface area contributed by atoms with Gasteiger partial charge in [-0.1, -0.05) is 12.8 Å². The van der Waals surface area contributed by atoms with Crippen molar-refractivity contribution in [3.05, 3.63) is 0 Å². The van der Waals surface area contributed by atoms with Crippen molar-refractivity contribution in [2.24, 2.45) is 0 Å². The molecule has 1 heterocycles. The molecule has 2 aliphatic rings. The maximum atomic E-state index is 3.83. The maximum absolute atomic E-state index is 3.83. The third-order valence-corrected chi connectivity index (χ3v) is 5.83. The zero-order valence-electron chi connectivity index (χ0n) is 11.9. The fourth-order valence-corrected chi connectivity index (χ4v) is 3.54. The van der Waals surface area contributed by atoms with Gasteiger partial charge in [0.25, 0.3) is 0 Å². The summed E-state index contributed by atoms with van der Waals surface area (Å²) in [6.07, 6.45) is 7.84. The molecular weight excluding hydrogens is 228 g/mol. The highest BCUT2D eigenvalue weighted by Gasteiger charge is 2.40. The summed E-state index contributed by atoms with van der Waals surface area (Å²) in [6.45, 7) is 10.8. The van der Waals surface area contributed by atoms with Crippen LogP contribution in [0.1, 0.15) is 46.5 Å². The summed E-state index contributed by atoms with van der Waals surface area (Å²) in [7, 11) is 0. The predicted octanol–water partition coefficient (Wildman–Crippen LogP) is 2.73. The van der Waals surface area contributed by atoms with Gasteiger partial charge in [-0.15, -0.1) is 0 Å². The Hall–Kier alpha value is 0.270. The van der Waals surface area contributed by atoms with Crippen molar-refractivity contribution in [1.82, 2.24) is 10.2 Å². The third kappa shape index (κ3) is 3.18. The van der Waals surface area contributed by atoms with Crippen LogP contribution >= 0.6 is 11.8 Å². The van der Waals surface area contributed by atoms with Crippen molar-refractivity contribution in [1.29, 1.82) is 0 Å². The van der Waals surface area contributed by atoms with E-state index in [2.05, 4.69) is 37.2 Å². The molecule has 1 aliphatic carbocycles. The lowest BCUT2D eigenvalue weighted by Gasteiger charge is -2.47. The number of nitrogens with zero attached hydrogens (tertiary/aromatic N) is 1. The Kier molecular flexibility index (Phi) is 4.11. The highest BCUT2D eigenvalue weighted by molar-refractivity contribution is 7.99. The molecule has 17 heavy (non-hydrogen) atoms. The van der Waals surface area contributed by atoms with E-state index >= 15 is 0 Å². The normalized spacial score (nSPS) is 30.0. The minimum Gasteiger partial charge on any atom is -0.308 e. The second-order valence-electron chi connectivity index (χ2n) is 6.59. The van der Waals surface area contributed by atoms with Gasteiger partial charge in [0.2, 0.25) is 0 Å². The summed E-state index contributed by atoms with van der Waals surface area (Å²) in [4.78, 5) is 2.72.